The first-order chi connectivity index (χ1) is 25.7. The zero-order valence-electron chi connectivity index (χ0n) is 30.4. The van der Waals surface area contributed by atoms with Crippen molar-refractivity contribution in [3.8, 4) is 23.1 Å². The lowest BCUT2D eigenvalue weighted by molar-refractivity contribution is -0.104. The van der Waals surface area contributed by atoms with E-state index in [-0.39, 0.29) is 0 Å². The quantitative estimate of drug-likeness (QED) is 0.0780. The fourth-order valence-electron chi connectivity index (χ4n) is 6.27. The van der Waals surface area contributed by atoms with Crippen molar-refractivity contribution in [3.63, 3.8) is 0 Å². The first kappa shape index (κ1) is 37.9. The number of nitrogens with zero attached hydrogens (tertiary/aromatic N) is 3. The molecule has 0 amide bonds. The van der Waals surface area contributed by atoms with Crippen LogP contribution >= 0.6 is 23.2 Å². The Morgan fingerprint density at radius 1 is 0.811 bits per heavy atom. The first-order valence-electron chi connectivity index (χ1n) is 18.0. The lowest BCUT2D eigenvalue weighted by atomic mass is 10.0. The standard InChI is InChI=1S/C44H45Cl2N3O4/c1-31(2)36-10-14-39(15-11-36)51-25-19-33-4-6-34(7-5-33)29-48-20-22-49(23-21-48)42(18-24-50)37-26-32(3)44(41(46)27-37)53-43-17-16-40(28-47-43)52-30-35-8-12-38(45)13-9-35/h4-18,24,26-28,31H,19-23,25,29-30H2,1-3H3/b42-18+. The molecule has 274 valence electrons. The van der Waals surface area contributed by atoms with Gasteiger partial charge in [0, 0.05) is 62.0 Å². The van der Waals surface area contributed by atoms with Gasteiger partial charge in [-0.2, -0.15) is 0 Å². The van der Waals surface area contributed by atoms with Crippen molar-refractivity contribution in [1.82, 2.24) is 14.8 Å². The largest absolute Gasteiger partial charge is 0.493 e. The predicted octanol–water partition coefficient (Wildman–Crippen LogP) is 10.2. The van der Waals surface area contributed by atoms with Crippen LogP contribution in [0.4, 0.5) is 0 Å². The number of allylic oxidation sites excluding steroid dienone is 1. The van der Waals surface area contributed by atoms with E-state index in [1.54, 1.807) is 24.4 Å². The lowest BCUT2D eigenvalue weighted by Crippen LogP contribution is -2.45. The Hall–Kier alpha value is -4.82. The van der Waals surface area contributed by atoms with E-state index >= 15 is 0 Å². The van der Waals surface area contributed by atoms with Gasteiger partial charge in [-0.25, -0.2) is 4.98 Å². The maximum atomic E-state index is 11.8. The van der Waals surface area contributed by atoms with Gasteiger partial charge in [-0.3, -0.25) is 9.69 Å². The Kier molecular flexibility index (Phi) is 13.1. The molecule has 1 aliphatic heterocycles. The van der Waals surface area contributed by atoms with Crippen LogP contribution in [0, 0.1) is 6.92 Å². The Labute approximate surface area is 322 Å². The molecule has 6 rings (SSSR count). The number of hydrogen-bond acceptors (Lipinski definition) is 7. The lowest BCUT2D eigenvalue weighted by Gasteiger charge is -2.37. The van der Waals surface area contributed by atoms with E-state index in [0.29, 0.717) is 46.6 Å². The van der Waals surface area contributed by atoms with E-state index < -0.39 is 0 Å². The van der Waals surface area contributed by atoms with Crippen LogP contribution in [0.1, 0.15) is 53.1 Å². The van der Waals surface area contributed by atoms with E-state index in [1.807, 2.05) is 43.3 Å². The fourth-order valence-corrected chi connectivity index (χ4v) is 6.70. The summed E-state index contributed by atoms with van der Waals surface area (Å²) < 4.78 is 17.9. The number of ether oxygens (including phenoxy) is 3. The van der Waals surface area contributed by atoms with Gasteiger partial charge in [-0.1, -0.05) is 85.6 Å². The van der Waals surface area contributed by atoms with Crippen LogP contribution in [0.2, 0.25) is 10.0 Å². The van der Waals surface area contributed by atoms with Crippen LogP contribution in [0.25, 0.3) is 5.70 Å². The molecule has 0 bridgehead atoms. The zero-order valence-corrected chi connectivity index (χ0v) is 31.9. The number of carbonyl (C=O) groups is 1. The Bertz CT molecular complexity index is 1950. The second-order valence-corrected chi connectivity index (χ2v) is 14.4. The van der Waals surface area contributed by atoms with Crippen LogP contribution in [0.15, 0.2) is 109 Å². The summed E-state index contributed by atoms with van der Waals surface area (Å²) in [5, 5.41) is 1.12. The molecule has 0 atom stereocenters. The van der Waals surface area contributed by atoms with Crippen molar-refractivity contribution in [2.24, 2.45) is 0 Å². The molecule has 1 aromatic heterocycles. The van der Waals surface area contributed by atoms with Gasteiger partial charge in [0.25, 0.3) is 0 Å². The molecule has 0 N–H and O–H groups in total. The summed E-state index contributed by atoms with van der Waals surface area (Å²) in [6, 6.07) is 32.1. The average molecular weight is 751 g/mol. The highest BCUT2D eigenvalue weighted by atomic mass is 35.5. The number of rotatable bonds is 15. The average Bonchev–Trinajstić information content (AvgIpc) is 3.17. The van der Waals surface area contributed by atoms with E-state index in [0.717, 1.165) is 73.6 Å². The topological polar surface area (TPSA) is 64.1 Å². The molecule has 2 heterocycles. The van der Waals surface area contributed by atoms with Gasteiger partial charge >= 0.3 is 0 Å². The first-order valence-corrected chi connectivity index (χ1v) is 18.7. The summed E-state index contributed by atoms with van der Waals surface area (Å²) in [5.74, 6) is 2.96. The minimum absolute atomic E-state index is 0.397. The third kappa shape index (κ3) is 10.6. The van der Waals surface area contributed by atoms with Crippen molar-refractivity contribution >= 4 is 35.2 Å². The van der Waals surface area contributed by atoms with E-state index in [2.05, 4.69) is 77.2 Å². The molecular formula is C44H45Cl2N3O4. The summed E-state index contributed by atoms with van der Waals surface area (Å²) >= 11 is 12.8. The van der Waals surface area contributed by atoms with Crippen LogP contribution in [-0.4, -0.2) is 53.9 Å². The highest BCUT2D eigenvalue weighted by Gasteiger charge is 2.22. The summed E-state index contributed by atoms with van der Waals surface area (Å²) in [6.07, 6.45) is 4.94. The minimum atomic E-state index is 0.397. The highest BCUT2D eigenvalue weighted by molar-refractivity contribution is 6.32. The number of halogens is 2. The molecule has 0 spiro atoms. The molecule has 9 heteroatoms. The molecule has 0 aliphatic carbocycles. The van der Waals surface area contributed by atoms with E-state index in [9.17, 15) is 4.79 Å². The molecule has 1 aliphatic rings. The molecule has 1 saturated heterocycles. The minimum Gasteiger partial charge on any atom is -0.493 e. The number of aryl methyl sites for hydroxylation is 1. The van der Waals surface area contributed by atoms with Gasteiger partial charge in [-0.05, 0) is 88.7 Å². The zero-order chi connectivity index (χ0) is 37.2. The van der Waals surface area contributed by atoms with E-state index in [1.165, 1.54) is 16.7 Å². The van der Waals surface area contributed by atoms with Crippen molar-refractivity contribution in [2.75, 3.05) is 32.8 Å². The Balaban J connectivity index is 0.987. The van der Waals surface area contributed by atoms with E-state index in [4.69, 9.17) is 37.4 Å². The smallest absolute Gasteiger partial charge is 0.219 e. The summed E-state index contributed by atoms with van der Waals surface area (Å²) in [4.78, 5) is 20.9. The van der Waals surface area contributed by atoms with Crippen LogP contribution < -0.4 is 14.2 Å². The number of aromatic nitrogens is 1. The second kappa shape index (κ2) is 18.3. The van der Waals surface area contributed by atoms with Crippen LogP contribution in [0.3, 0.4) is 0 Å². The SMILES string of the molecule is Cc1cc(/C(=C\C=O)N2CCN(Cc3ccc(CCOc4ccc(C(C)C)cc4)cc3)CC2)cc(Cl)c1Oc1ccc(OCc2ccc(Cl)cc2)cn1. The van der Waals surface area contributed by atoms with Crippen LogP contribution in [0.5, 0.6) is 23.1 Å². The van der Waals surface area contributed by atoms with Gasteiger partial charge in [0.2, 0.25) is 5.88 Å². The maximum Gasteiger partial charge on any atom is 0.219 e. The number of pyridine rings is 1. The number of benzene rings is 4. The van der Waals surface area contributed by atoms with Crippen LogP contribution in [-0.2, 0) is 24.4 Å². The van der Waals surface area contributed by atoms with Crippen molar-refractivity contribution in [2.45, 2.75) is 46.3 Å². The summed E-state index contributed by atoms with van der Waals surface area (Å²) in [7, 11) is 0. The third-order valence-corrected chi connectivity index (χ3v) is 9.87. The van der Waals surface area contributed by atoms with Gasteiger partial charge in [-0.15, -0.1) is 0 Å². The number of aldehydes is 1. The normalized spacial score (nSPS) is 13.6. The molecule has 7 nitrogen and oxygen atoms in total. The molecule has 5 aromatic rings. The molecule has 0 saturated carbocycles. The number of piperazine rings is 1. The molecule has 0 unspecified atom stereocenters. The van der Waals surface area contributed by atoms with Gasteiger partial charge in [0.05, 0.1) is 17.8 Å². The number of carbonyl (C=O) groups excluding carboxylic acids is 1. The third-order valence-electron chi connectivity index (χ3n) is 9.33. The highest BCUT2D eigenvalue weighted by Crippen LogP contribution is 2.36. The Morgan fingerprint density at radius 3 is 2.13 bits per heavy atom. The summed E-state index contributed by atoms with van der Waals surface area (Å²) in [5.41, 5.74) is 7.41. The van der Waals surface area contributed by atoms with Crippen molar-refractivity contribution < 1.29 is 19.0 Å². The predicted molar refractivity (Wildman–Crippen MR) is 213 cm³/mol. The summed E-state index contributed by atoms with van der Waals surface area (Å²) in [6.45, 7) is 11.6. The molecule has 4 aromatic carbocycles. The Morgan fingerprint density at radius 2 is 1.49 bits per heavy atom. The fraction of sp³-hybridized carbons (Fsp3) is 0.273. The molecular weight excluding hydrogens is 705 g/mol. The van der Waals surface area contributed by atoms with Crippen molar-refractivity contribution in [1.29, 1.82) is 0 Å². The molecule has 53 heavy (non-hydrogen) atoms. The monoisotopic (exact) mass is 749 g/mol. The van der Waals surface area contributed by atoms with Gasteiger partial charge < -0.3 is 19.1 Å². The second-order valence-electron chi connectivity index (χ2n) is 13.5. The molecule has 0 radical (unpaired) electrons. The van der Waals surface area contributed by atoms with Gasteiger partial charge in [0.1, 0.15) is 24.4 Å². The number of hydrogen-bond donors (Lipinski definition) is 0. The van der Waals surface area contributed by atoms with Gasteiger partial charge in [0.15, 0.2) is 5.75 Å². The maximum absolute atomic E-state index is 11.8. The molecule has 1 fully saturated rings. The van der Waals surface area contributed by atoms with Crippen molar-refractivity contribution in [3.05, 3.63) is 153 Å².